The summed E-state index contributed by atoms with van der Waals surface area (Å²) >= 11 is 6.76. The lowest BCUT2D eigenvalue weighted by Crippen LogP contribution is -2.28. The summed E-state index contributed by atoms with van der Waals surface area (Å²) in [5.74, 6) is 0.939. The molecular formula is C26H20N2O3S2. The zero-order valence-corrected chi connectivity index (χ0v) is 19.7. The fourth-order valence-corrected chi connectivity index (χ4v) is 4.73. The first-order valence-corrected chi connectivity index (χ1v) is 11.4. The Morgan fingerprint density at radius 2 is 1.85 bits per heavy atom. The Morgan fingerprint density at radius 3 is 2.61 bits per heavy atom. The number of carbonyl (C=O) groups is 1. The zero-order valence-electron chi connectivity index (χ0n) is 18.1. The van der Waals surface area contributed by atoms with Crippen LogP contribution in [0.1, 0.15) is 22.3 Å². The maximum Gasteiger partial charge on any atom is 0.270 e. The molecule has 3 aromatic rings. The Labute approximate surface area is 202 Å². The van der Waals surface area contributed by atoms with Gasteiger partial charge in [-0.1, -0.05) is 66.4 Å². The van der Waals surface area contributed by atoms with E-state index in [1.165, 1.54) is 11.8 Å². The predicted octanol–water partition coefficient (Wildman–Crippen LogP) is 5.86. The van der Waals surface area contributed by atoms with Crippen molar-refractivity contribution in [1.82, 2.24) is 0 Å². The Kier molecular flexibility index (Phi) is 6.78. The fourth-order valence-electron chi connectivity index (χ4n) is 3.45. The minimum Gasteiger partial charge on any atom is -0.493 e. The summed E-state index contributed by atoms with van der Waals surface area (Å²) < 4.78 is 11.9. The minimum atomic E-state index is -0.147. The number of ether oxygens (including phenoxy) is 2. The van der Waals surface area contributed by atoms with E-state index < -0.39 is 0 Å². The van der Waals surface area contributed by atoms with Gasteiger partial charge in [0.25, 0.3) is 5.91 Å². The molecule has 1 aliphatic rings. The second kappa shape index (κ2) is 9.90. The maximum absolute atomic E-state index is 13.1. The number of amides is 1. The molecule has 3 aromatic carbocycles. The molecule has 4 rings (SSSR count). The molecule has 164 valence electrons. The summed E-state index contributed by atoms with van der Waals surface area (Å²) in [4.78, 5) is 15.2. The zero-order chi connectivity index (χ0) is 23.4. The normalized spacial score (nSPS) is 14.5. The SMILES string of the molecule is COc1cc(/C=C2\SC(=S)N(c3ccccc3C)C2=O)ccc1OCc1ccccc1C#N. The van der Waals surface area contributed by atoms with Crippen molar-refractivity contribution in [2.75, 3.05) is 12.0 Å². The molecule has 1 fully saturated rings. The number of benzene rings is 3. The van der Waals surface area contributed by atoms with Gasteiger partial charge >= 0.3 is 0 Å². The van der Waals surface area contributed by atoms with E-state index in [1.54, 1.807) is 30.2 Å². The summed E-state index contributed by atoms with van der Waals surface area (Å²) in [6, 6.07) is 22.6. The third kappa shape index (κ3) is 4.77. The number of anilines is 1. The first-order chi connectivity index (χ1) is 16.0. The van der Waals surface area contributed by atoms with Crippen molar-refractivity contribution in [3.05, 3.63) is 93.9 Å². The van der Waals surface area contributed by atoms with Crippen molar-refractivity contribution in [2.45, 2.75) is 13.5 Å². The molecule has 1 saturated heterocycles. The van der Waals surface area contributed by atoms with E-state index in [1.807, 2.05) is 61.5 Å². The number of hydrogen-bond acceptors (Lipinski definition) is 6. The topological polar surface area (TPSA) is 62.6 Å². The number of aryl methyl sites for hydroxylation is 1. The van der Waals surface area contributed by atoms with Gasteiger partial charge in [0.05, 0.1) is 29.3 Å². The maximum atomic E-state index is 13.1. The van der Waals surface area contributed by atoms with Gasteiger partial charge in [-0.25, -0.2) is 0 Å². The highest BCUT2D eigenvalue weighted by molar-refractivity contribution is 8.27. The smallest absolute Gasteiger partial charge is 0.270 e. The Hall–Kier alpha value is -3.60. The molecule has 0 aliphatic carbocycles. The molecule has 0 aromatic heterocycles. The van der Waals surface area contributed by atoms with Crippen molar-refractivity contribution >= 4 is 46.0 Å². The van der Waals surface area contributed by atoms with Gasteiger partial charge < -0.3 is 9.47 Å². The molecule has 0 unspecified atom stereocenters. The van der Waals surface area contributed by atoms with Crippen molar-refractivity contribution in [2.24, 2.45) is 0 Å². The Bertz CT molecular complexity index is 1310. The molecule has 0 atom stereocenters. The quantitative estimate of drug-likeness (QED) is 0.331. The summed E-state index contributed by atoms with van der Waals surface area (Å²) in [5.41, 5.74) is 3.94. The van der Waals surface area contributed by atoms with Gasteiger partial charge in [-0.3, -0.25) is 9.69 Å². The highest BCUT2D eigenvalue weighted by Gasteiger charge is 2.34. The average Bonchev–Trinajstić information content (AvgIpc) is 3.11. The largest absolute Gasteiger partial charge is 0.493 e. The number of hydrogen-bond donors (Lipinski definition) is 0. The fraction of sp³-hybridized carbons (Fsp3) is 0.115. The van der Waals surface area contributed by atoms with Crippen LogP contribution in [0.4, 0.5) is 5.69 Å². The van der Waals surface area contributed by atoms with Gasteiger partial charge in [0.15, 0.2) is 15.8 Å². The van der Waals surface area contributed by atoms with Crippen LogP contribution >= 0.6 is 24.0 Å². The number of para-hydroxylation sites is 1. The molecule has 0 saturated carbocycles. The van der Waals surface area contributed by atoms with E-state index in [9.17, 15) is 10.1 Å². The van der Waals surface area contributed by atoms with Crippen molar-refractivity contribution in [1.29, 1.82) is 5.26 Å². The number of rotatable bonds is 6. The van der Waals surface area contributed by atoms with Crippen LogP contribution in [0.2, 0.25) is 0 Å². The van der Waals surface area contributed by atoms with E-state index in [2.05, 4.69) is 6.07 Å². The van der Waals surface area contributed by atoms with Gasteiger partial charge in [0, 0.05) is 5.56 Å². The van der Waals surface area contributed by atoms with E-state index in [0.717, 1.165) is 22.4 Å². The van der Waals surface area contributed by atoms with Crippen molar-refractivity contribution in [3.63, 3.8) is 0 Å². The number of nitrogens with zero attached hydrogens (tertiary/aromatic N) is 2. The monoisotopic (exact) mass is 472 g/mol. The Morgan fingerprint density at radius 1 is 1.09 bits per heavy atom. The molecule has 1 heterocycles. The number of carbonyl (C=O) groups excluding carboxylic acids is 1. The van der Waals surface area contributed by atoms with Crippen LogP contribution in [-0.2, 0) is 11.4 Å². The molecule has 33 heavy (non-hydrogen) atoms. The molecule has 5 nitrogen and oxygen atoms in total. The summed E-state index contributed by atoms with van der Waals surface area (Å²) in [5, 5.41) is 9.26. The molecule has 0 N–H and O–H groups in total. The summed E-state index contributed by atoms with van der Waals surface area (Å²) in [6.45, 7) is 2.20. The van der Waals surface area contributed by atoms with Crippen LogP contribution in [0.5, 0.6) is 11.5 Å². The van der Waals surface area contributed by atoms with Crippen LogP contribution in [0, 0.1) is 18.3 Å². The van der Waals surface area contributed by atoms with Crippen LogP contribution in [0.3, 0.4) is 0 Å². The number of thiocarbonyl (C=S) groups is 1. The minimum absolute atomic E-state index is 0.147. The molecule has 0 radical (unpaired) electrons. The van der Waals surface area contributed by atoms with E-state index in [4.69, 9.17) is 21.7 Å². The highest BCUT2D eigenvalue weighted by Crippen LogP contribution is 2.38. The highest BCUT2D eigenvalue weighted by atomic mass is 32.2. The standard InChI is InChI=1S/C26H20N2O3S2/c1-17-7-3-6-10-21(17)28-25(29)24(33-26(28)32)14-18-11-12-22(23(13-18)30-2)31-16-20-9-5-4-8-19(20)15-27/h3-14H,16H2,1-2H3/b24-14-. The first kappa shape index (κ1) is 22.6. The lowest BCUT2D eigenvalue weighted by Gasteiger charge is -2.16. The van der Waals surface area contributed by atoms with Gasteiger partial charge in [-0.05, 0) is 48.4 Å². The van der Waals surface area contributed by atoms with Crippen molar-refractivity contribution < 1.29 is 14.3 Å². The second-order valence-corrected chi connectivity index (χ2v) is 8.95. The lowest BCUT2D eigenvalue weighted by atomic mass is 10.1. The summed E-state index contributed by atoms with van der Waals surface area (Å²) in [7, 11) is 1.56. The molecule has 1 amide bonds. The Balaban J connectivity index is 1.55. The molecule has 0 spiro atoms. The first-order valence-electron chi connectivity index (χ1n) is 10.1. The number of nitriles is 1. The third-order valence-corrected chi connectivity index (χ3v) is 6.46. The number of methoxy groups -OCH3 is 1. The van der Waals surface area contributed by atoms with Crippen LogP contribution < -0.4 is 14.4 Å². The second-order valence-electron chi connectivity index (χ2n) is 7.27. The van der Waals surface area contributed by atoms with Gasteiger partial charge in [-0.15, -0.1) is 0 Å². The molecule has 1 aliphatic heterocycles. The molecule has 0 bridgehead atoms. The van der Waals surface area contributed by atoms with Crippen LogP contribution in [0.25, 0.3) is 6.08 Å². The third-order valence-electron chi connectivity index (χ3n) is 5.16. The molecular weight excluding hydrogens is 452 g/mol. The lowest BCUT2D eigenvalue weighted by molar-refractivity contribution is -0.113. The van der Waals surface area contributed by atoms with Gasteiger partial charge in [0.1, 0.15) is 6.61 Å². The average molecular weight is 473 g/mol. The van der Waals surface area contributed by atoms with E-state index in [0.29, 0.717) is 26.3 Å². The molecule has 7 heteroatoms. The number of thioether (sulfide) groups is 1. The van der Waals surface area contributed by atoms with Crippen LogP contribution in [-0.4, -0.2) is 17.3 Å². The van der Waals surface area contributed by atoms with Gasteiger partial charge in [0.2, 0.25) is 0 Å². The van der Waals surface area contributed by atoms with Crippen LogP contribution in [0.15, 0.2) is 71.6 Å². The van der Waals surface area contributed by atoms with Gasteiger partial charge in [-0.2, -0.15) is 5.26 Å². The summed E-state index contributed by atoms with van der Waals surface area (Å²) in [6.07, 6.45) is 1.80. The van der Waals surface area contributed by atoms with E-state index >= 15 is 0 Å². The predicted molar refractivity (Wildman–Crippen MR) is 135 cm³/mol. The van der Waals surface area contributed by atoms with E-state index in [-0.39, 0.29) is 12.5 Å². The van der Waals surface area contributed by atoms with Crippen molar-refractivity contribution in [3.8, 4) is 17.6 Å².